The number of amides is 2. The molecule has 0 aromatic heterocycles. The number of nitrogens with zero attached hydrogens (tertiary/aromatic N) is 3. The predicted octanol–water partition coefficient (Wildman–Crippen LogP) is 1.86. The second-order valence-corrected chi connectivity index (χ2v) is 9.08. The van der Waals surface area contributed by atoms with Crippen molar-refractivity contribution in [2.75, 3.05) is 5.75 Å². The van der Waals surface area contributed by atoms with E-state index in [1.54, 1.807) is 0 Å². The van der Waals surface area contributed by atoms with Gasteiger partial charge in [-0.1, -0.05) is 0 Å². The van der Waals surface area contributed by atoms with Gasteiger partial charge in [-0.15, -0.1) is 5.06 Å². The highest BCUT2D eigenvalue weighted by molar-refractivity contribution is 7.86. The molecule has 9 heteroatoms. The van der Waals surface area contributed by atoms with Gasteiger partial charge in [0.2, 0.25) is 0 Å². The maximum Gasteiger partial charge on any atom is 0.333 e. The molecule has 0 bridgehead atoms. The van der Waals surface area contributed by atoms with Crippen molar-refractivity contribution >= 4 is 28.6 Å². The molecule has 134 valence electrons. The van der Waals surface area contributed by atoms with E-state index in [0.717, 1.165) is 12.8 Å². The average molecular weight is 357 g/mol. The highest BCUT2D eigenvalue weighted by Gasteiger charge is 2.35. The van der Waals surface area contributed by atoms with Crippen LogP contribution in [0.25, 0.3) is 0 Å². The third-order valence-corrected chi connectivity index (χ3v) is 6.26. The summed E-state index contributed by atoms with van der Waals surface area (Å²) in [6.07, 6.45) is 2.01. The van der Waals surface area contributed by atoms with E-state index < -0.39 is 33.3 Å². The molecule has 1 atom stereocenters. The lowest BCUT2D eigenvalue weighted by Crippen LogP contribution is -2.34. The van der Waals surface area contributed by atoms with Gasteiger partial charge in [0.15, 0.2) is 5.66 Å². The fourth-order valence-corrected chi connectivity index (χ4v) is 3.61. The molecule has 1 saturated heterocycles. The standard InChI is InChI=1S/C15H23N3O5S/c1-14(2,24(22)10-4-8-15(3)16-17-15)9-7-13(21)23-18-11(19)5-6-12(18)20/h4-10H2,1-3H3. The van der Waals surface area contributed by atoms with Crippen molar-refractivity contribution in [1.82, 2.24) is 5.06 Å². The van der Waals surface area contributed by atoms with Gasteiger partial charge in [-0.2, -0.15) is 10.2 Å². The van der Waals surface area contributed by atoms with Gasteiger partial charge in [0.05, 0.1) is 0 Å². The molecule has 1 fully saturated rings. The SMILES string of the molecule is CC1(CCCS(=O)C(C)(C)CCC(=O)ON2C(=O)CCC2=O)N=N1. The van der Waals surface area contributed by atoms with Crippen molar-refractivity contribution in [3.63, 3.8) is 0 Å². The molecule has 2 aliphatic rings. The van der Waals surface area contributed by atoms with Crippen molar-refractivity contribution < 1.29 is 23.4 Å². The molecule has 8 nitrogen and oxygen atoms in total. The highest BCUT2D eigenvalue weighted by atomic mass is 32.2. The van der Waals surface area contributed by atoms with Crippen LogP contribution in [0.15, 0.2) is 10.2 Å². The summed E-state index contributed by atoms with van der Waals surface area (Å²) in [4.78, 5) is 39.4. The maximum atomic E-state index is 12.4. The fourth-order valence-electron chi connectivity index (χ4n) is 2.32. The Kier molecular flexibility index (Phi) is 5.52. The Morgan fingerprint density at radius 1 is 1.29 bits per heavy atom. The van der Waals surface area contributed by atoms with Crippen LogP contribution in [0, 0.1) is 0 Å². The Morgan fingerprint density at radius 2 is 1.88 bits per heavy atom. The molecule has 0 spiro atoms. The van der Waals surface area contributed by atoms with Gasteiger partial charge in [0.25, 0.3) is 11.8 Å². The minimum Gasteiger partial charge on any atom is -0.330 e. The van der Waals surface area contributed by atoms with Crippen LogP contribution in [0.3, 0.4) is 0 Å². The highest BCUT2D eigenvalue weighted by Crippen LogP contribution is 2.32. The summed E-state index contributed by atoms with van der Waals surface area (Å²) in [5, 5.41) is 8.38. The van der Waals surface area contributed by atoms with E-state index in [1.165, 1.54) is 0 Å². The smallest absolute Gasteiger partial charge is 0.330 e. The van der Waals surface area contributed by atoms with E-state index in [0.29, 0.717) is 17.2 Å². The van der Waals surface area contributed by atoms with Gasteiger partial charge in [-0.25, -0.2) is 4.79 Å². The second-order valence-electron chi connectivity index (χ2n) is 6.88. The summed E-state index contributed by atoms with van der Waals surface area (Å²) in [5.41, 5.74) is -0.285. The minimum atomic E-state index is -1.11. The number of carbonyl (C=O) groups excluding carboxylic acids is 3. The Hall–Kier alpha value is -1.64. The van der Waals surface area contributed by atoms with Crippen molar-refractivity contribution in [1.29, 1.82) is 0 Å². The van der Waals surface area contributed by atoms with E-state index in [2.05, 4.69) is 10.2 Å². The minimum absolute atomic E-state index is 0.00180. The van der Waals surface area contributed by atoms with E-state index in [9.17, 15) is 18.6 Å². The van der Waals surface area contributed by atoms with Crippen molar-refractivity contribution in [3.05, 3.63) is 0 Å². The second kappa shape index (κ2) is 7.08. The van der Waals surface area contributed by atoms with Crippen LogP contribution >= 0.6 is 0 Å². The number of imide groups is 1. The van der Waals surface area contributed by atoms with E-state index in [-0.39, 0.29) is 24.9 Å². The summed E-state index contributed by atoms with van der Waals surface area (Å²) in [6, 6.07) is 0. The summed E-state index contributed by atoms with van der Waals surface area (Å²) >= 11 is 0. The van der Waals surface area contributed by atoms with Crippen LogP contribution in [-0.2, 0) is 30.0 Å². The quantitative estimate of drug-likeness (QED) is 0.586. The largest absolute Gasteiger partial charge is 0.333 e. The van der Waals surface area contributed by atoms with Crippen LogP contribution in [-0.4, -0.2) is 43.2 Å². The number of hydrogen-bond acceptors (Lipinski definition) is 7. The summed E-state index contributed by atoms with van der Waals surface area (Å²) in [5.74, 6) is -1.14. The summed E-state index contributed by atoms with van der Waals surface area (Å²) < 4.78 is 11.9. The molecule has 0 N–H and O–H groups in total. The van der Waals surface area contributed by atoms with E-state index in [4.69, 9.17) is 4.84 Å². The maximum absolute atomic E-state index is 12.4. The average Bonchev–Trinajstić information content (AvgIpc) is 3.17. The van der Waals surface area contributed by atoms with Crippen LogP contribution in [0.5, 0.6) is 0 Å². The van der Waals surface area contributed by atoms with Crippen molar-refractivity contribution in [2.45, 2.75) is 69.7 Å². The van der Waals surface area contributed by atoms with Crippen LogP contribution < -0.4 is 0 Å². The normalized spacial score (nSPS) is 20.4. The zero-order valence-electron chi connectivity index (χ0n) is 14.2. The Balaban J connectivity index is 1.72. The van der Waals surface area contributed by atoms with Crippen LogP contribution in [0.1, 0.15) is 59.3 Å². The first-order valence-corrected chi connectivity index (χ1v) is 9.34. The lowest BCUT2D eigenvalue weighted by molar-refractivity contribution is -0.197. The molecular weight excluding hydrogens is 334 g/mol. The number of hydrogen-bond donors (Lipinski definition) is 0. The van der Waals surface area contributed by atoms with E-state index >= 15 is 0 Å². The molecule has 0 aliphatic carbocycles. The molecule has 0 saturated carbocycles. The molecule has 2 aliphatic heterocycles. The first kappa shape index (κ1) is 18.7. The monoisotopic (exact) mass is 357 g/mol. The lowest BCUT2D eigenvalue weighted by atomic mass is 10.1. The van der Waals surface area contributed by atoms with Crippen LogP contribution in [0.2, 0.25) is 0 Å². The fraction of sp³-hybridized carbons (Fsp3) is 0.800. The number of rotatable bonds is 9. The Morgan fingerprint density at radius 3 is 2.42 bits per heavy atom. The summed E-state index contributed by atoms with van der Waals surface area (Å²) in [7, 11) is -1.11. The van der Waals surface area contributed by atoms with Gasteiger partial charge >= 0.3 is 5.97 Å². The zero-order chi connectivity index (χ0) is 18.0. The molecule has 1 unspecified atom stereocenters. The van der Waals surface area contributed by atoms with Gasteiger partial charge in [-0.05, 0) is 40.0 Å². The zero-order valence-corrected chi connectivity index (χ0v) is 15.1. The summed E-state index contributed by atoms with van der Waals surface area (Å²) in [6.45, 7) is 5.59. The third kappa shape index (κ3) is 4.93. The molecule has 0 radical (unpaired) electrons. The van der Waals surface area contributed by atoms with Gasteiger partial charge in [-0.3, -0.25) is 13.8 Å². The topological polar surface area (TPSA) is 105 Å². The van der Waals surface area contributed by atoms with Gasteiger partial charge in [0.1, 0.15) is 0 Å². The molecule has 0 aromatic rings. The Labute approximate surface area is 143 Å². The van der Waals surface area contributed by atoms with Gasteiger partial charge in [0, 0.05) is 40.6 Å². The predicted molar refractivity (Wildman–Crippen MR) is 86.0 cm³/mol. The first-order valence-electron chi connectivity index (χ1n) is 8.02. The van der Waals surface area contributed by atoms with Crippen molar-refractivity contribution in [3.8, 4) is 0 Å². The Bertz CT molecular complexity index is 580. The molecule has 24 heavy (non-hydrogen) atoms. The van der Waals surface area contributed by atoms with Crippen LogP contribution in [0.4, 0.5) is 0 Å². The van der Waals surface area contributed by atoms with Gasteiger partial charge < -0.3 is 4.84 Å². The molecule has 0 aromatic carbocycles. The number of carbonyl (C=O) groups is 3. The third-order valence-electron chi connectivity index (χ3n) is 4.17. The lowest BCUT2D eigenvalue weighted by Gasteiger charge is -2.24. The molecule has 2 rings (SSSR count). The molecule has 2 amide bonds. The molecular formula is C15H23N3O5S. The number of hydroxylamine groups is 2. The van der Waals surface area contributed by atoms with Crippen molar-refractivity contribution in [2.24, 2.45) is 10.2 Å². The van der Waals surface area contributed by atoms with E-state index in [1.807, 2.05) is 20.8 Å². The molecule has 2 heterocycles. The first-order chi connectivity index (χ1) is 11.1.